The number of hydrogen-bond donors (Lipinski definition) is 1. The molecule has 1 aromatic rings. The summed E-state index contributed by atoms with van der Waals surface area (Å²) in [5, 5.41) is 2.96. The molecule has 1 N–H and O–H groups in total. The SMILES string of the molecule is CCO[C@](C)(C(=O)Nc1ccc(OCC(C)C)cc1)C1CC1. The Labute approximate surface area is 133 Å². The van der Waals surface area contributed by atoms with Gasteiger partial charge in [0.1, 0.15) is 11.4 Å². The van der Waals surface area contributed by atoms with Gasteiger partial charge in [-0.05, 0) is 62.8 Å². The topological polar surface area (TPSA) is 47.6 Å². The Morgan fingerprint density at radius 3 is 2.45 bits per heavy atom. The second-order valence-corrected chi connectivity index (χ2v) is 6.50. The van der Waals surface area contributed by atoms with Gasteiger partial charge in [-0.3, -0.25) is 4.79 Å². The van der Waals surface area contributed by atoms with Crippen LogP contribution in [0.4, 0.5) is 5.69 Å². The van der Waals surface area contributed by atoms with Gasteiger partial charge in [0.2, 0.25) is 0 Å². The monoisotopic (exact) mass is 305 g/mol. The lowest BCUT2D eigenvalue weighted by atomic mass is 9.99. The number of amides is 1. The summed E-state index contributed by atoms with van der Waals surface area (Å²) in [6, 6.07) is 7.50. The lowest BCUT2D eigenvalue weighted by molar-refractivity contribution is -0.141. The zero-order valence-electron chi connectivity index (χ0n) is 14.0. The molecule has 1 fully saturated rings. The van der Waals surface area contributed by atoms with Gasteiger partial charge in [-0.2, -0.15) is 0 Å². The highest BCUT2D eigenvalue weighted by Crippen LogP contribution is 2.42. The highest BCUT2D eigenvalue weighted by Gasteiger charge is 2.48. The maximum Gasteiger partial charge on any atom is 0.256 e. The number of nitrogens with one attached hydrogen (secondary N) is 1. The fourth-order valence-electron chi connectivity index (χ4n) is 2.46. The minimum absolute atomic E-state index is 0.0623. The number of benzene rings is 1. The van der Waals surface area contributed by atoms with Crippen LogP contribution >= 0.6 is 0 Å². The first-order chi connectivity index (χ1) is 10.5. The van der Waals surface area contributed by atoms with E-state index in [-0.39, 0.29) is 5.91 Å². The van der Waals surface area contributed by atoms with Crippen LogP contribution in [0.15, 0.2) is 24.3 Å². The maximum atomic E-state index is 12.5. The van der Waals surface area contributed by atoms with Gasteiger partial charge in [0, 0.05) is 12.3 Å². The molecule has 0 radical (unpaired) electrons. The number of rotatable bonds is 8. The predicted octanol–water partition coefficient (Wildman–Crippen LogP) is 3.87. The van der Waals surface area contributed by atoms with Crippen molar-refractivity contribution in [2.45, 2.75) is 46.1 Å². The van der Waals surface area contributed by atoms with Crippen LogP contribution in [0, 0.1) is 11.8 Å². The lowest BCUT2D eigenvalue weighted by Gasteiger charge is -2.28. The Morgan fingerprint density at radius 1 is 1.32 bits per heavy atom. The second kappa shape index (κ2) is 7.14. The van der Waals surface area contributed by atoms with E-state index in [0.29, 0.717) is 25.0 Å². The van der Waals surface area contributed by atoms with Crippen molar-refractivity contribution in [1.82, 2.24) is 0 Å². The Bertz CT molecular complexity index is 494. The van der Waals surface area contributed by atoms with Crippen LogP contribution in [-0.4, -0.2) is 24.7 Å². The first kappa shape index (κ1) is 16.8. The second-order valence-electron chi connectivity index (χ2n) is 6.50. The zero-order chi connectivity index (χ0) is 16.2. The largest absolute Gasteiger partial charge is 0.493 e. The van der Waals surface area contributed by atoms with Crippen LogP contribution in [0.3, 0.4) is 0 Å². The molecule has 0 bridgehead atoms. The van der Waals surface area contributed by atoms with Crippen molar-refractivity contribution in [1.29, 1.82) is 0 Å². The van der Waals surface area contributed by atoms with Crippen molar-refractivity contribution in [3.8, 4) is 5.75 Å². The quantitative estimate of drug-likeness (QED) is 0.793. The Hall–Kier alpha value is -1.55. The van der Waals surface area contributed by atoms with Gasteiger partial charge in [-0.15, -0.1) is 0 Å². The zero-order valence-corrected chi connectivity index (χ0v) is 14.0. The highest BCUT2D eigenvalue weighted by molar-refractivity contribution is 5.97. The average molecular weight is 305 g/mol. The lowest BCUT2D eigenvalue weighted by Crippen LogP contribution is -2.44. The van der Waals surface area contributed by atoms with Crippen LogP contribution in [0.25, 0.3) is 0 Å². The van der Waals surface area contributed by atoms with Crippen molar-refractivity contribution >= 4 is 11.6 Å². The summed E-state index contributed by atoms with van der Waals surface area (Å²) in [4.78, 5) is 12.5. The molecular formula is C18H27NO3. The molecular weight excluding hydrogens is 278 g/mol. The van der Waals surface area contributed by atoms with Crippen LogP contribution in [0.5, 0.6) is 5.75 Å². The van der Waals surface area contributed by atoms with E-state index in [9.17, 15) is 4.79 Å². The van der Waals surface area contributed by atoms with Crippen molar-refractivity contribution in [3.63, 3.8) is 0 Å². The van der Waals surface area contributed by atoms with E-state index >= 15 is 0 Å². The average Bonchev–Trinajstić information content (AvgIpc) is 3.31. The third-order valence-electron chi connectivity index (χ3n) is 3.95. The summed E-state index contributed by atoms with van der Waals surface area (Å²) in [7, 11) is 0. The van der Waals surface area contributed by atoms with Gasteiger partial charge < -0.3 is 14.8 Å². The van der Waals surface area contributed by atoms with E-state index in [1.807, 2.05) is 38.1 Å². The van der Waals surface area contributed by atoms with Crippen molar-refractivity contribution in [3.05, 3.63) is 24.3 Å². The molecule has 4 heteroatoms. The van der Waals surface area contributed by atoms with Gasteiger partial charge in [-0.25, -0.2) is 0 Å². The van der Waals surface area contributed by atoms with E-state index in [4.69, 9.17) is 9.47 Å². The van der Waals surface area contributed by atoms with Crippen molar-refractivity contribution in [2.75, 3.05) is 18.5 Å². The van der Waals surface area contributed by atoms with Gasteiger partial charge in [0.05, 0.1) is 6.61 Å². The summed E-state index contributed by atoms with van der Waals surface area (Å²) >= 11 is 0. The van der Waals surface area contributed by atoms with Crippen molar-refractivity contribution < 1.29 is 14.3 Å². The number of carbonyl (C=O) groups excluding carboxylic acids is 1. The Morgan fingerprint density at radius 2 is 1.95 bits per heavy atom. The molecule has 1 aliphatic carbocycles. The number of hydrogen-bond acceptors (Lipinski definition) is 3. The molecule has 0 heterocycles. The highest BCUT2D eigenvalue weighted by atomic mass is 16.5. The summed E-state index contributed by atoms with van der Waals surface area (Å²) in [6.07, 6.45) is 2.12. The fraction of sp³-hybridized carbons (Fsp3) is 0.611. The van der Waals surface area contributed by atoms with E-state index in [2.05, 4.69) is 19.2 Å². The van der Waals surface area contributed by atoms with Gasteiger partial charge in [0.25, 0.3) is 5.91 Å². The molecule has 1 amide bonds. The molecule has 0 unspecified atom stereocenters. The fourth-order valence-corrected chi connectivity index (χ4v) is 2.46. The molecule has 0 aliphatic heterocycles. The summed E-state index contributed by atoms with van der Waals surface area (Å²) < 4.78 is 11.4. The molecule has 0 saturated heterocycles. The molecule has 122 valence electrons. The summed E-state index contributed by atoms with van der Waals surface area (Å²) in [6.45, 7) is 9.28. The smallest absolute Gasteiger partial charge is 0.256 e. The molecule has 1 aromatic carbocycles. The normalized spacial score (nSPS) is 17.1. The van der Waals surface area contributed by atoms with Gasteiger partial charge >= 0.3 is 0 Å². The number of carbonyl (C=O) groups is 1. The van der Waals surface area contributed by atoms with Crippen molar-refractivity contribution in [2.24, 2.45) is 11.8 Å². The van der Waals surface area contributed by atoms with Gasteiger partial charge in [0.15, 0.2) is 0 Å². The van der Waals surface area contributed by atoms with E-state index in [1.54, 1.807) is 0 Å². The molecule has 22 heavy (non-hydrogen) atoms. The molecule has 1 atom stereocenters. The number of ether oxygens (including phenoxy) is 2. The minimum atomic E-state index is -0.721. The molecule has 0 spiro atoms. The third-order valence-corrected chi connectivity index (χ3v) is 3.95. The van der Waals surface area contributed by atoms with Crippen LogP contribution in [0.2, 0.25) is 0 Å². The van der Waals surface area contributed by atoms with E-state index < -0.39 is 5.60 Å². The summed E-state index contributed by atoms with van der Waals surface area (Å²) in [5.41, 5.74) is 0.0511. The maximum absolute atomic E-state index is 12.5. The molecule has 2 rings (SSSR count). The third kappa shape index (κ3) is 4.23. The molecule has 0 aromatic heterocycles. The predicted molar refractivity (Wildman–Crippen MR) is 88.2 cm³/mol. The Balaban J connectivity index is 1.96. The van der Waals surface area contributed by atoms with Crippen LogP contribution in [0.1, 0.15) is 40.5 Å². The first-order valence-corrected chi connectivity index (χ1v) is 8.14. The molecule has 1 aliphatic rings. The summed E-state index contributed by atoms with van der Waals surface area (Å²) in [5.74, 6) is 1.58. The minimum Gasteiger partial charge on any atom is -0.493 e. The number of anilines is 1. The standard InChI is InChI=1S/C18H27NO3/c1-5-22-18(4,14-6-7-14)17(20)19-15-8-10-16(11-9-15)21-12-13(2)3/h8-11,13-14H,5-7,12H2,1-4H3,(H,19,20)/t18-/m0/s1. The van der Waals surface area contributed by atoms with E-state index in [1.165, 1.54) is 0 Å². The van der Waals surface area contributed by atoms with E-state index in [0.717, 1.165) is 24.3 Å². The Kier molecular flexibility index (Phi) is 5.46. The molecule has 1 saturated carbocycles. The first-order valence-electron chi connectivity index (χ1n) is 8.14. The van der Waals surface area contributed by atoms with Crippen LogP contribution in [-0.2, 0) is 9.53 Å². The van der Waals surface area contributed by atoms with Crippen LogP contribution < -0.4 is 10.1 Å². The molecule has 4 nitrogen and oxygen atoms in total. The van der Waals surface area contributed by atoms with Gasteiger partial charge in [-0.1, -0.05) is 13.8 Å².